The highest BCUT2D eigenvalue weighted by atomic mass is 16.1. The SMILES string of the molecule is Cn1cc(-c2cc(-c3ccc(NCCNC(=O)C#Cc4cccc(C#N)n4)nc3)c3c(C#N)cnn3c2)cn1. The van der Waals surface area contributed by atoms with E-state index in [9.17, 15) is 10.1 Å². The molecule has 1 amide bonds. The van der Waals surface area contributed by atoms with Gasteiger partial charge in [-0.3, -0.25) is 9.48 Å². The molecule has 188 valence electrons. The number of carbonyl (C=O) groups excluding carboxylic acids is 1. The summed E-state index contributed by atoms with van der Waals surface area (Å²) in [4.78, 5) is 20.5. The number of nitrogens with one attached hydrogen (secondary N) is 2. The summed E-state index contributed by atoms with van der Waals surface area (Å²) in [5.41, 5.74) is 5.26. The van der Waals surface area contributed by atoms with Gasteiger partial charge in [0.25, 0.3) is 5.91 Å². The van der Waals surface area contributed by atoms with Crippen molar-refractivity contribution in [3.05, 3.63) is 84.3 Å². The molecule has 5 aromatic rings. The minimum absolute atomic E-state index is 0.242. The standard InChI is InChI=1S/C28H20N10O/c1-37-17-22(16-34-37)20-11-25(28-21(12-29)15-35-38(28)18-20)19-5-7-26(33-14-19)31-9-10-32-27(39)8-6-23-3-2-4-24(13-30)36-23/h2-5,7,11,14-18H,9-10H2,1H3,(H,31,33)(H,32,39). The summed E-state index contributed by atoms with van der Waals surface area (Å²) in [6.45, 7) is 0.765. The summed E-state index contributed by atoms with van der Waals surface area (Å²) in [5.74, 6) is 5.29. The Labute approximate surface area is 223 Å². The highest BCUT2D eigenvalue weighted by Crippen LogP contribution is 2.31. The Kier molecular flexibility index (Phi) is 6.94. The van der Waals surface area contributed by atoms with E-state index in [0.29, 0.717) is 35.7 Å². The number of nitriles is 2. The first-order valence-corrected chi connectivity index (χ1v) is 11.8. The van der Waals surface area contributed by atoms with Crippen molar-refractivity contribution < 1.29 is 4.79 Å². The summed E-state index contributed by atoms with van der Waals surface area (Å²) < 4.78 is 3.43. The fraction of sp³-hybridized carbons (Fsp3) is 0.107. The lowest BCUT2D eigenvalue weighted by Gasteiger charge is -2.10. The Bertz CT molecular complexity index is 1820. The second-order valence-corrected chi connectivity index (χ2v) is 8.39. The smallest absolute Gasteiger partial charge is 0.296 e. The van der Waals surface area contributed by atoms with E-state index >= 15 is 0 Å². The fourth-order valence-electron chi connectivity index (χ4n) is 3.91. The first kappa shape index (κ1) is 24.7. The molecule has 11 heteroatoms. The number of anilines is 1. The molecular weight excluding hydrogens is 492 g/mol. The van der Waals surface area contributed by atoms with Gasteiger partial charge in [0.15, 0.2) is 0 Å². The molecule has 2 N–H and O–H groups in total. The van der Waals surface area contributed by atoms with Gasteiger partial charge in [-0.05, 0) is 36.3 Å². The molecule has 0 radical (unpaired) electrons. The van der Waals surface area contributed by atoms with E-state index in [1.165, 1.54) is 0 Å². The summed E-state index contributed by atoms with van der Waals surface area (Å²) in [5, 5.41) is 33.0. The first-order valence-electron chi connectivity index (χ1n) is 11.8. The average molecular weight is 513 g/mol. The van der Waals surface area contributed by atoms with Crippen LogP contribution in [-0.2, 0) is 11.8 Å². The zero-order chi connectivity index (χ0) is 27.2. The third-order valence-corrected chi connectivity index (χ3v) is 5.73. The van der Waals surface area contributed by atoms with Crippen molar-refractivity contribution in [2.24, 2.45) is 7.05 Å². The van der Waals surface area contributed by atoms with Gasteiger partial charge in [-0.2, -0.15) is 20.7 Å². The Morgan fingerprint density at radius 3 is 2.56 bits per heavy atom. The lowest BCUT2D eigenvalue weighted by molar-refractivity contribution is -0.115. The summed E-state index contributed by atoms with van der Waals surface area (Å²) in [6, 6.07) is 14.8. The van der Waals surface area contributed by atoms with Gasteiger partial charge in [-0.25, -0.2) is 14.5 Å². The van der Waals surface area contributed by atoms with Crippen LogP contribution >= 0.6 is 0 Å². The molecule has 0 spiro atoms. The van der Waals surface area contributed by atoms with E-state index in [1.807, 2.05) is 43.7 Å². The Balaban J connectivity index is 1.25. The Morgan fingerprint density at radius 1 is 0.949 bits per heavy atom. The number of amides is 1. The molecule has 0 saturated heterocycles. The van der Waals surface area contributed by atoms with Crippen molar-refractivity contribution >= 4 is 17.2 Å². The number of aryl methyl sites for hydroxylation is 1. The van der Waals surface area contributed by atoms with Crippen molar-refractivity contribution in [1.29, 1.82) is 10.5 Å². The molecule has 0 aromatic carbocycles. The molecule has 5 heterocycles. The normalized spacial score (nSPS) is 10.2. The predicted molar refractivity (Wildman–Crippen MR) is 143 cm³/mol. The summed E-state index contributed by atoms with van der Waals surface area (Å²) in [7, 11) is 1.85. The molecule has 39 heavy (non-hydrogen) atoms. The van der Waals surface area contributed by atoms with Crippen LogP contribution in [0.5, 0.6) is 0 Å². The highest BCUT2D eigenvalue weighted by molar-refractivity contribution is 5.94. The minimum atomic E-state index is -0.448. The number of hydrogen-bond donors (Lipinski definition) is 2. The largest absolute Gasteiger partial charge is 0.368 e. The van der Waals surface area contributed by atoms with Gasteiger partial charge in [0.1, 0.15) is 29.3 Å². The van der Waals surface area contributed by atoms with E-state index in [0.717, 1.165) is 22.3 Å². The third-order valence-electron chi connectivity index (χ3n) is 5.73. The van der Waals surface area contributed by atoms with E-state index in [-0.39, 0.29) is 5.69 Å². The predicted octanol–water partition coefficient (Wildman–Crippen LogP) is 2.51. The van der Waals surface area contributed by atoms with Crippen molar-refractivity contribution in [2.45, 2.75) is 0 Å². The highest BCUT2D eigenvalue weighted by Gasteiger charge is 2.14. The molecule has 0 aliphatic rings. The third kappa shape index (κ3) is 5.56. The van der Waals surface area contributed by atoms with Crippen LogP contribution in [0.2, 0.25) is 0 Å². The molecule has 5 rings (SSSR count). The molecule has 0 bridgehead atoms. The zero-order valence-corrected chi connectivity index (χ0v) is 20.8. The number of fused-ring (bicyclic) bond motifs is 1. The molecule has 0 atom stereocenters. The van der Waals surface area contributed by atoms with E-state index in [2.05, 4.69) is 48.7 Å². The van der Waals surface area contributed by atoms with Crippen LogP contribution in [-0.4, -0.2) is 48.4 Å². The maximum Gasteiger partial charge on any atom is 0.296 e. The van der Waals surface area contributed by atoms with Crippen LogP contribution in [0.1, 0.15) is 17.0 Å². The number of carbonyl (C=O) groups is 1. The van der Waals surface area contributed by atoms with Gasteiger partial charge in [0.05, 0.1) is 23.5 Å². The first-order chi connectivity index (χ1) is 19.0. The minimum Gasteiger partial charge on any atom is -0.368 e. The molecule has 5 aromatic heterocycles. The fourth-order valence-corrected chi connectivity index (χ4v) is 3.91. The van der Waals surface area contributed by atoms with Crippen molar-refractivity contribution in [3.63, 3.8) is 0 Å². The number of rotatable bonds is 6. The van der Waals surface area contributed by atoms with Gasteiger partial charge >= 0.3 is 0 Å². The second-order valence-electron chi connectivity index (χ2n) is 8.39. The van der Waals surface area contributed by atoms with Crippen molar-refractivity contribution in [3.8, 4) is 46.2 Å². The van der Waals surface area contributed by atoms with Gasteiger partial charge < -0.3 is 10.6 Å². The maximum absolute atomic E-state index is 12.0. The van der Waals surface area contributed by atoms with E-state index in [4.69, 9.17) is 5.26 Å². The molecular formula is C28H20N10O. The number of hydrogen-bond acceptors (Lipinski definition) is 8. The molecule has 0 unspecified atom stereocenters. The van der Waals surface area contributed by atoms with Crippen LogP contribution in [0, 0.1) is 34.5 Å². The topological polar surface area (TPSA) is 150 Å². The van der Waals surface area contributed by atoms with Crippen LogP contribution in [0.3, 0.4) is 0 Å². The average Bonchev–Trinajstić information content (AvgIpc) is 3.60. The Morgan fingerprint density at radius 2 is 1.82 bits per heavy atom. The maximum atomic E-state index is 12.0. The van der Waals surface area contributed by atoms with Crippen LogP contribution in [0.25, 0.3) is 27.8 Å². The number of pyridine rings is 3. The van der Waals surface area contributed by atoms with E-state index in [1.54, 1.807) is 46.0 Å². The molecule has 0 aliphatic heterocycles. The van der Waals surface area contributed by atoms with Crippen LogP contribution in [0.15, 0.2) is 67.4 Å². The monoisotopic (exact) mass is 512 g/mol. The van der Waals surface area contributed by atoms with Gasteiger partial charge in [0.2, 0.25) is 0 Å². The molecule has 0 aliphatic carbocycles. The van der Waals surface area contributed by atoms with Crippen molar-refractivity contribution in [2.75, 3.05) is 18.4 Å². The zero-order valence-electron chi connectivity index (χ0n) is 20.8. The molecule has 11 nitrogen and oxygen atoms in total. The molecule has 0 saturated carbocycles. The van der Waals surface area contributed by atoms with Crippen LogP contribution in [0.4, 0.5) is 5.82 Å². The van der Waals surface area contributed by atoms with Gasteiger partial charge in [0, 0.05) is 66.9 Å². The summed E-state index contributed by atoms with van der Waals surface area (Å²) in [6.07, 6.45) is 8.84. The molecule has 0 fully saturated rings. The second kappa shape index (κ2) is 11.0. The number of aromatic nitrogens is 6. The van der Waals surface area contributed by atoms with Crippen molar-refractivity contribution in [1.82, 2.24) is 34.7 Å². The quantitative estimate of drug-likeness (QED) is 0.260. The lowest BCUT2D eigenvalue weighted by atomic mass is 10.0. The van der Waals surface area contributed by atoms with Crippen LogP contribution < -0.4 is 10.6 Å². The van der Waals surface area contributed by atoms with Gasteiger partial charge in [-0.1, -0.05) is 6.07 Å². The van der Waals surface area contributed by atoms with Gasteiger partial charge in [-0.15, -0.1) is 0 Å². The Hall–Kier alpha value is -5.99. The lowest BCUT2D eigenvalue weighted by Crippen LogP contribution is -2.27. The van der Waals surface area contributed by atoms with E-state index < -0.39 is 5.91 Å². The summed E-state index contributed by atoms with van der Waals surface area (Å²) >= 11 is 0. The number of nitrogens with zero attached hydrogens (tertiary/aromatic N) is 8.